The molecule has 0 aliphatic carbocycles. The molecule has 2 aromatic rings. The van der Waals surface area contributed by atoms with E-state index in [-0.39, 0.29) is 6.04 Å². The average molecular weight is 395 g/mol. The fourth-order valence-electron chi connectivity index (χ4n) is 3.67. The Labute approximate surface area is 172 Å². The molecule has 0 fully saturated rings. The van der Waals surface area contributed by atoms with Crippen molar-refractivity contribution in [2.24, 2.45) is 0 Å². The summed E-state index contributed by atoms with van der Waals surface area (Å²) in [4.78, 5) is 28.9. The van der Waals surface area contributed by atoms with Crippen LogP contribution in [-0.4, -0.2) is 50.9 Å². The van der Waals surface area contributed by atoms with Crippen LogP contribution in [0, 0.1) is 0 Å². The minimum atomic E-state index is -0.651. The number of nitrogens with one attached hydrogen (secondary N) is 2. The van der Waals surface area contributed by atoms with Crippen LogP contribution in [0.5, 0.6) is 0 Å². The molecule has 6 nitrogen and oxygen atoms in total. The lowest BCUT2D eigenvalue weighted by Crippen LogP contribution is -2.40. The molecule has 3 rings (SSSR count). The Morgan fingerprint density at radius 2 is 1.83 bits per heavy atom. The first-order valence-corrected chi connectivity index (χ1v) is 10.1. The molecule has 0 bridgehead atoms. The van der Waals surface area contributed by atoms with Crippen LogP contribution in [0.3, 0.4) is 0 Å². The molecule has 2 aromatic carbocycles. The van der Waals surface area contributed by atoms with E-state index < -0.39 is 11.8 Å². The molecule has 0 radical (unpaired) electrons. The van der Waals surface area contributed by atoms with Crippen molar-refractivity contribution in [3.05, 3.63) is 59.2 Å². The van der Waals surface area contributed by atoms with Crippen LogP contribution in [0.1, 0.15) is 29.7 Å². The number of hydrogen-bond donors (Lipinski definition) is 2. The van der Waals surface area contributed by atoms with Crippen LogP contribution in [-0.2, 0) is 22.4 Å². The monoisotopic (exact) mass is 394 g/mol. The van der Waals surface area contributed by atoms with E-state index in [1.165, 1.54) is 16.8 Å². The molecule has 1 heterocycles. The van der Waals surface area contributed by atoms with E-state index in [1.807, 2.05) is 38.4 Å². The Bertz CT molecular complexity index is 877. The van der Waals surface area contributed by atoms with Crippen molar-refractivity contribution < 1.29 is 9.59 Å². The number of aryl methyl sites for hydroxylation is 1. The second-order valence-electron chi connectivity index (χ2n) is 7.75. The van der Waals surface area contributed by atoms with Crippen molar-refractivity contribution in [3.8, 4) is 0 Å². The van der Waals surface area contributed by atoms with Gasteiger partial charge in [-0.25, -0.2) is 0 Å². The van der Waals surface area contributed by atoms with Gasteiger partial charge in [-0.2, -0.15) is 0 Å². The Kier molecular flexibility index (Phi) is 6.54. The van der Waals surface area contributed by atoms with Gasteiger partial charge in [0.25, 0.3) is 0 Å². The zero-order chi connectivity index (χ0) is 21.0. The SMILES string of the molecule is CCc1ccc(NC(=O)C(=O)NC[C@@H](c2ccc3c(c2)CCN3C)N(C)C)cc1. The summed E-state index contributed by atoms with van der Waals surface area (Å²) in [7, 11) is 6.06. The number of benzene rings is 2. The molecule has 0 saturated heterocycles. The van der Waals surface area contributed by atoms with Crippen LogP contribution in [0.2, 0.25) is 0 Å². The molecule has 0 spiro atoms. The molecule has 2 N–H and O–H groups in total. The Hall–Kier alpha value is -2.86. The second-order valence-corrected chi connectivity index (χ2v) is 7.75. The number of likely N-dealkylation sites (N-methyl/N-ethyl adjacent to an activating group) is 2. The van der Waals surface area contributed by atoms with Crippen molar-refractivity contribution in [3.63, 3.8) is 0 Å². The zero-order valence-corrected chi connectivity index (χ0v) is 17.7. The van der Waals surface area contributed by atoms with Crippen LogP contribution in [0.25, 0.3) is 0 Å². The maximum absolute atomic E-state index is 12.3. The van der Waals surface area contributed by atoms with Crippen molar-refractivity contribution in [1.29, 1.82) is 0 Å². The summed E-state index contributed by atoms with van der Waals surface area (Å²) >= 11 is 0. The van der Waals surface area contributed by atoms with E-state index in [2.05, 4.69) is 52.6 Å². The third-order valence-corrected chi connectivity index (χ3v) is 5.52. The molecular weight excluding hydrogens is 364 g/mol. The standard InChI is InChI=1S/C23H30N4O2/c1-5-16-6-9-19(10-7-16)25-23(29)22(28)24-15-21(26(2)3)17-8-11-20-18(14-17)12-13-27(20)4/h6-11,14,21H,5,12-13,15H2,1-4H3,(H,24,28)(H,25,29)/t21-/m0/s1. The van der Waals surface area contributed by atoms with Crippen LogP contribution < -0.4 is 15.5 Å². The predicted octanol–water partition coefficient (Wildman–Crippen LogP) is 2.60. The van der Waals surface area contributed by atoms with Crippen molar-refractivity contribution >= 4 is 23.2 Å². The summed E-state index contributed by atoms with van der Waals surface area (Å²) in [6, 6.07) is 14.0. The highest BCUT2D eigenvalue weighted by atomic mass is 16.2. The average Bonchev–Trinajstić information content (AvgIpc) is 3.08. The number of rotatable bonds is 6. The summed E-state index contributed by atoms with van der Waals surface area (Å²) in [6.07, 6.45) is 1.96. The third-order valence-electron chi connectivity index (χ3n) is 5.52. The normalized spacial score (nSPS) is 13.9. The largest absolute Gasteiger partial charge is 0.374 e. The number of anilines is 2. The van der Waals surface area contributed by atoms with E-state index in [0.29, 0.717) is 12.2 Å². The minimum absolute atomic E-state index is 0.00760. The van der Waals surface area contributed by atoms with Gasteiger partial charge in [-0.3, -0.25) is 9.59 Å². The zero-order valence-electron chi connectivity index (χ0n) is 17.7. The summed E-state index contributed by atoms with van der Waals surface area (Å²) < 4.78 is 0. The number of fused-ring (bicyclic) bond motifs is 1. The highest BCUT2D eigenvalue weighted by molar-refractivity contribution is 6.39. The van der Waals surface area contributed by atoms with Gasteiger partial charge in [0.2, 0.25) is 0 Å². The third kappa shape index (κ3) is 4.95. The first kappa shape index (κ1) is 20.9. The smallest absolute Gasteiger partial charge is 0.313 e. The second kappa shape index (κ2) is 9.09. The van der Waals surface area contributed by atoms with Gasteiger partial charge in [-0.15, -0.1) is 0 Å². The van der Waals surface area contributed by atoms with Gasteiger partial charge in [-0.05, 0) is 61.8 Å². The summed E-state index contributed by atoms with van der Waals surface area (Å²) in [5, 5.41) is 5.43. The van der Waals surface area contributed by atoms with Gasteiger partial charge in [0, 0.05) is 31.5 Å². The number of amides is 2. The topological polar surface area (TPSA) is 64.7 Å². The van der Waals surface area contributed by atoms with Crippen molar-refractivity contribution in [2.75, 3.05) is 44.4 Å². The lowest BCUT2D eigenvalue weighted by molar-refractivity contribution is -0.136. The number of hydrogen-bond acceptors (Lipinski definition) is 4. The van der Waals surface area contributed by atoms with E-state index in [0.717, 1.165) is 24.9 Å². The maximum atomic E-state index is 12.3. The molecule has 0 unspecified atom stereocenters. The van der Waals surface area contributed by atoms with E-state index in [9.17, 15) is 9.59 Å². The molecule has 0 saturated carbocycles. The number of carbonyl (C=O) groups is 2. The number of nitrogens with zero attached hydrogens (tertiary/aromatic N) is 2. The molecule has 1 aliphatic heterocycles. The lowest BCUT2D eigenvalue weighted by Gasteiger charge is -2.26. The van der Waals surface area contributed by atoms with Gasteiger partial charge in [0.15, 0.2) is 0 Å². The fraction of sp³-hybridized carbons (Fsp3) is 0.391. The van der Waals surface area contributed by atoms with Crippen molar-refractivity contribution in [2.45, 2.75) is 25.8 Å². The van der Waals surface area contributed by atoms with Crippen molar-refractivity contribution in [1.82, 2.24) is 10.2 Å². The summed E-state index contributed by atoms with van der Waals surface area (Å²) in [5.74, 6) is -1.28. The summed E-state index contributed by atoms with van der Waals surface area (Å²) in [6.45, 7) is 3.46. The van der Waals surface area contributed by atoms with E-state index in [1.54, 1.807) is 0 Å². The van der Waals surface area contributed by atoms with Gasteiger partial charge >= 0.3 is 11.8 Å². The van der Waals surface area contributed by atoms with Gasteiger partial charge < -0.3 is 20.4 Å². The molecule has 0 aromatic heterocycles. The Balaban J connectivity index is 1.61. The predicted molar refractivity (Wildman–Crippen MR) is 117 cm³/mol. The van der Waals surface area contributed by atoms with Gasteiger partial charge in [-0.1, -0.05) is 31.2 Å². The van der Waals surface area contributed by atoms with E-state index in [4.69, 9.17) is 0 Å². The lowest BCUT2D eigenvalue weighted by atomic mass is 10.0. The minimum Gasteiger partial charge on any atom is -0.374 e. The molecule has 1 atom stereocenters. The highest BCUT2D eigenvalue weighted by Crippen LogP contribution is 2.30. The molecule has 1 aliphatic rings. The number of carbonyl (C=O) groups excluding carboxylic acids is 2. The Morgan fingerprint density at radius 3 is 2.48 bits per heavy atom. The molecule has 29 heavy (non-hydrogen) atoms. The first-order valence-electron chi connectivity index (χ1n) is 10.1. The molecule has 154 valence electrons. The van der Waals surface area contributed by atoms with E-state index >= 15 is 0 Å². The molecular formula is C23H30N4O2. The first-order chi connectivity index (χ1) is 13.9. The molecule has 2 amide bonds. The Morgan fingerprint density at radius 1 is 1.10 bits per heavy atom. The van der Waals surface area contributed by atoms with Gasteiger partial charge in [0.05, 0.1) is 6.04 Å². The quantitative estimate of drug-likeness (QED) is 0.740. The summed E-state index contributed by atoms with van der Waals surface area (Å²) in [5.41, 5.74) is 5.54. The fourth-order valence-corrected chi connectivity index (χ4v) is 3.67. The van der Waals surface area contributed by atoms with Crippen LogP contribution in [0.15, 0.2) is 42.5 Å². The highest BCUT2D eigenvalue weighted by Gasteiger charge is 2.22. The molecule has 6 heteroatoms. The maximum Gasteiger partial charge on any atom is 0.313 e. The van der Waals surface area contributed by atoms with Crippen LogP contribution >= 0.6 is 0 Å². The van der Waals surface area contributed by atoms with Gasteiger partial charge in [0.1, 0.15) is 0 Å². The van der Waals surface area contributed by atoms with Crippen LogP contribution in [0.4, 0.5) is 11.4 Å².